The zero-order valence-electron chi connectivity index (χ0n) is 9.30. The molecular weight excluding hydrogens is 224 g/mol. The van der Waals surface area contributed by atoms with Crippen LogP contribution in [0.15, 0.2) is 35.2 Å². The zero-order valence-corrected chi connectivity index (χ0v) is 10.1. The number of esters is 1. The van der Waals surface area contributed by atoms with Crippen molar-refractivity contribution in [1.82, 2.24) is 0 Å². The van der Waals surface area contributed by atoms with E-state index in [0.29, 0.717) is 6.61 Å². The second kappa shape index (κ2) is 7.09. The Morgan fingerprint density at radius 1 is 1.38 bits per heavy atom. The number of hydrogen-bond donors (Lipinski definition) is 0. The molecule has 0 aromatic heterocycles. The molecule has 0 N–H and O–H groups in total. The van der Waals surface area contributed by atoms with Crippen molar-refractivity contribution in [3.05, 3.63) is 35.9 Å². The normalized spacial score (nSPS) is 10.6. The highest BCUT2D eigenvalue weighted by Gasteiger charge is 1.95. The van der Waals surface area contributed by atoms with Crippen LogP contribution in [0.3, 0.4) is 0 Å². The van der Waals surface area contributed by atoms with Gasteiger partial charge in [-0.3, -0.25) is 0 Å². The number of rotatable bonds is 5. The molecule has 0 aliphatic rings. The summed E-state index contributed by atoms with van der Waals surface area (Å²) >= 11 is 1.30. The van der Waals surface area contributed by atoms with Crippen molar-refractivity contribution >= 4 is 24.1 Å². The van der Waals surface area contributed by atoms with Gasteiger partial charge in [-0.25, -0.2) is 4.79 Å². The van der Waals surface area contributed by atoms with Gasteiger partial charge in [-0.2, -0.15) is 0 Å². The topological polar surface area (TPSA) is 35.5 Å². The highest BCUT2D eigenvalue weighted by molar-refractivity contribution is 7.94. The maximum absolute atomic E-state index is 11.1. The summed E-state index contributed by atoms with van der Waals surface area (Å²) in [6, 6.07) is 7.69. The fourth-order valence-corrected chi connectivity index (χ4v) is 1.53. The minimum absolute atomic E-state index is 0.321. The first kappa shape index (κ1) is 12.8. The van der Waals surface area contributed by atoms with Crippen molar-refractivity contribution in [2.75, 3.05) is 13.7 Å². The molecule has 0 radical (unpaired) electrons. The van der Waals surface area contributed by atoms with Crippen molar-refractivity contribution in [2.24, 2.45) is 0 Å². The summed E-state index contributed by atoms with van der Waals surface area (Å²) in [5.74, 6) is -0.321. The van der Waals surface area contributed by atoms with Gasteiger partial charge in [0.15, 0.2) is 0 Å². The third-order valence-corrected chi connectivity index (χ3v) is 2.39. The first-order valence-electron chi connectivity index (χ1n) is 4.92. The van der Waals surface area contributed by atoms with Gasteiger partial charge in [-0.05, 0) is 30.7 Å². The van der Waals surface area contributed by atoms with E-state index in [9.17, 15) is 4.79 Å². The van der Waals surface area contributed by atoms with Crippen LogP contribution < -0.4 is 0 Å². The first-order valence-corrected chi connectivity index (χ1v) is 5.66. The molecule has 0 unspecified atom stereocenters. The van der Waals surface area contributed by atoms with Gasteiger partial charge in [0, 0.05) is 23.0 Å². The SMILES string of the molecule is CCOC(=O)/C=C/c1ccc(SOC)cc1. The molecule has 0 atom stereocenters. The Hall–Kier alpha value is -1.26. The lowest BCUT2D eigenvalue weighted by atomic mass is 10.2. The molecule has 0 spiro atoms. The van der Waals surface area contributed by atoms with E-state index >= 15 is 0 Å². The molecule has 1 rings (SSSR count). The molecule has 0 amide bonds. The molecule has 16 heavy (non-hydrogen) atoms. The van der Waals surface area contributed by atoms with Crippen molar-refractivity contribution in [3.63, 3.8) is 0 Å². The minimum Gasteiger partial charge on any atom is -0.463 e. The Morgan fingerprint density at radius 3 is 2.62 bits per heavy atom. The van der Waals surface area contributed by atoms with Gasteiger partial charge in [0.1, 0.15) is 0 Å². The standard InChI is InChI=1S/C12H14O3S/c1-3-15-12(13)9-6-10-4-7-11(8-5-10)16-14-2/h4-9H,3H2,1-2H3/b9-6+. The van der Waals surface area contributed by atoms with E-state index in [1.807, 2.05) is 24.3 Å². The zero-order chi connectivity index (χ0) is 11.8. The predicted molar refractivity (Wildman–Crippen MR) is 65.0 cm³/mol. The van der Waals surface area contributed by atoms with E-state index in [2.05, 4.69) is 0 Å². The van der Waals surface area contributed by atoms with Crippen molar-refractivity contribution in [3.8, 4) is 0 Å². The summed E-state index contributed by atoms with van der Waals surface area (Å²) in [4.78, 5) is 12.1. The molecule has 0 saturated heterocycles. The van der Waals surface area contributed by atoms with Crippen LogP contribution in [0.5, 0.6) is 0 Å². The molecule has 0 saturated carbocycles. The highest BCUT2D eigenvalue weighted by atomic mass is 32.2. The Bertz CT molecular complexity index is 357. The van der Waals surface area contributed by atoms with Gasteiger partial charge in [0.2, 0.25) is 0 Å². The van der Waals surface area contributed by atoms with E-state index in [-0.39, 0.29) is 5.97 Å². The number of benzene rings is 1. The first-order chi connectivity index (χ1) is 7.76. The van der Waals surface area contributed by atoms with Crippen LogP contribution >= 0.6 is 12.0 Å². The smallest absolute Gasteiger partial charge is 0.330 e. The molecular formula is C12H14O3S. The van der Waals surface area contributed by atoms with Crippen LogP contribution in [-0.4, -0.2) is 19.7 Å². The summed E-state index contributed by atoms with van der Waals surface area (Å²) in [7, 11) is 1.62. The average Bonchev–Trinajstić information content (AvgIpc) is 2.29. The second-order valence-electron chi connectivity index (χ2n) is 2.90. The largest absolute Gasteiger partial charge is 0.463 e. The third-order valence-electron chi connectivity index (χ3n) is 1.76. The Morgan fingerprint density at radius 2 is 2.06 bits per heavy atom. The van der Waals surface area contributed by atoms with Gasteiger partial charge in [0.05, 0.1) is 13.7 Å². The van der Waals surface area contributed by atoms with E-state index in [0.717, 1.165) is 10.5 Å². The van der Waals surface area contributed by atoms with Gasteiger partial charge in [-0.15, -0.1) is 0 Å². The van der Waals surface area contributed by atoms with Crippen LogP contribution in [0.2, 0.25) is 0 Å². The van der Waals surface area contributed by atoms with Gasteiger partial charge in [0.25, 0.3) is 0 Å². The molecule has 3 nitrogen and oxygen atoms in total. The molecule has 4 heteroatoms. The highest BCUT2D eigenvalue weighted by Crippen LogP contribution is 2.18. The minimum atomic E-state index is -0.321. The van der Waals surface area contributed by atoms with E-state index in [4.69, 9.17) is 8.92 Å². The molecule has 1 aromatic carbocycles. The van der Waals surface area contributed by atoms with Crippen molar-refractivity contribution < 1.29 is 13.7 Å². The maximum Gasteiger partial charge on any atom is 0.330 e. The van der Waals surface area contributed by atoms with Gasteiger partial charge in [-0.1, -0.05) is 12.1 Å². The van der Waals surface area contributed by atoms with E-state index in [1.165, 1.54) is 18.1 Å². The molecule has 0 bridgehead atoms. The summed E-state index contributed by atoms with van der Waals surface area (Å²) in [6.07, 6.45) is 3.14. The van der Waals surface area contributed by atoms with Gasteiger partial charge < -0.3 is 8.92 Å². The van der Waals surface area contributed by atoms with Crippen molar-refractivity contribution in [1.29, 1.82) is 0 Å². The second-order valence-corrected chi connectivity index (χ2v) is 3.88. The maximum atomic E-state index is 11.1. The fourth-order valence-electron chi connectivity index (χ4n) is 1.09. The number of carbonyl (C=O) groups excluding carboxylic acids is 1. The van der Waals surface area contributed by atoms with E-state index < -0.39 is 0 Å². The van der Waals surface area contributed by atoms with Crippen molar-refractivity contribution in [2.45, 2.75) is 11.8 Å². The summed E-state index contributed by atoms with van der Waals surface area (Å²) in [5.41, 5.74) is 0.952. The van der Waals surface area contributed by atoms with E-state index in [1.54, 1.807) is 20.1 Å². The Balaban J connectivity index is 2.57. The fraction of sp³-hybridized carbons (Fsp3) is 0.250. The summed E-state index contributed by atoms with van der Waals surface area (Å²) in [6.45, 7) is 2.18. The molecule has 86 valence electrons. The van der Waals surface area contributed by atoms with Gasteiger partial charge >= 0.3 is 5.97 Å². The van der Waals surface area contributed by atoms with Crippen LogP contribution in [0, 0.1) is 0 Å². The quantitative estimate of drug-likeness (QED) is 0.449. The summed E-state index contributed by atoms with van der Waals surface area (Å²) in [5, 5.41) is 0. The molecule has 0 aliphatic carbocycles. The number of ether oxygens (including phenoxy) is 1. The lowest BCUT2D eigenvalue weighted by Crippen LogP contribution is -1.98. The average molecular weight is 238 g/mol. The van der Waals surface area contributed by atoms with Crippen LogP contribution in [-0.2, 0) is 13.7 Å². The monoisotopic (exact) mass is 238 g/mol. The molecule has 0 fully saturated rings. The Labute approximate surface area is 99.7 Å². The lowest BCUT2D eigenvalue weighted by molar-refractivity contribution is -0.137. The van der Waals surface area contributed by atoms with Crippen LogP contribution in [0.4, 0.5) is 0 Å². The number of carbonyl (C=O) groups is 1. The van der Waals surface area contributed by atoms with Crippen LogP contribution in [0.25, 0.3) is 6.08 Å². The molecule has 0 heterocycles. The van der Waals surface area contributed by atoms with Crippen LogP contribution in [0.1, 0.15) is 12.5 Å². The lowest BCUT2D eigenvalue weighted by Gasteiger charge is -1.98. The molecule has 1 aromatic rings. The predicted octanol–water partition coefficient (Wildman–Crippen LogP) is 2.92. The third kappa shape index (κ3) is 4.51. The summed E-state index contributed by atoms with van der Waals surface area (Å²) < 4.78 is 9.70. The Kier molecular flexibility index (Phi) is 5.67. The number of hydrogen-bond acceptors (Lipinski definition) is 4. The molecule has 0 aliphatic heterocycles.